The lowest BCUT2D eigenvalue weighted by Crippen LogP contribution is -2.43. The monoisotopic (exact) mass is 351 g/mol. The average molecular weight is 351 g/mol. The van der Waals surface area contributed by atoms with Gasteiger partial charge in [-0.15, -0.1) is 0 Å². The van der Waals surface area contributed by atoms with E-state index in [1.807, 2.05) is 36.7 Å². The number of ether oxygens (including phenoxy) is 1. The Hall–Kier alpha value is -2.50. The van der Waals surface area contributed by atoms with Crippen molar-refractivity contribution >= 4 is 0 Å². The molecular formula is C21H22FN3O. The molecule has 4 rings (SSSR count). The van der Waals surface area contributed by atoms with Crippen LogP contribution < -0.4 is 0 Å². The third kappa shape index (κ3) is 4.00. The zero-order valence-electron chi connectivity index (χ0n) is 14.6. The van der Waals surface area contributed by atoms with Crippen molar-refractivity contribution in [1.82, 2.24) is 14.5 Å². The Morgan fingerprint density at radius 2 is 2.08 bits per heavy atom. The number of rotatable bonds is 5. The number of pyridine rings is 1. The highest BCUT2D eigenvalue weighted by molar-refractivity contribution is 5.27. The Morgan fingerprint density at radius 3 is 2.92 bits per heavy atom. The minimum absolute atomic E-state index is 0.0869. The maximum Gasteiger partial charge on any atom is 0.136 e. The van der Waals surface area contributed by atoms with E-state index in [1.54, 1.807) is 12.1 Å². The van der Waals surface area contributed by atoms with Crippen LogP contribution in [0.3, 0.4) is 0 Å². The molecule has 0 bridgehead atoms. The minimum atomic E-state index is -0.191. The van der Waals surface area contributed by atoms with E-state index in [-0.39, 0.29) is 11.9 Å². The Bertz CT molecular complexity index is 849. The quantitative estimate of drug-likeness (QED) is 0.705. The summed E-state index contributed by atoms with van der Waals surface area (Å²) in [6.07, 6.45) is 4.67. The fraction of sp³-hybridized carbons (Fsp3) is 0.286. The largest absolute Gasteiger partial charge is 0.375 e. The zero-order chi connectivity index (χ0) is 17.8. The van der Waals surface area contributed by atoms with Crippen LogP contribution in [-0.2, 0) is 17.7 Å². The molecule has 0 unspecified atom stereocenters. The van der Waals surface area contributed by atoms with Crippen molar-refractivity contribution in [2.45, 2.75) is 19.1 Å². The van der Waals surface area contributed by atoms with E-state index in [9.17, 15) is 4.39 Å². The minimum Gasteiger partial charge on any atom is -0.375 e. The predicted octanol–water partition coefficient (Wildman–Crippen LogP) is 3.45. The van der Waals surface area contributed by atoms with Crippen molar-refractivity contribution in [1.29, 1.82) is 0 Å². The number of halogens is 1. The van der Waals surface area contributed by atoms with Gasteiger partial charge in [0, 0.05) is 37.7 Å². The third-order valence-electron chi connectivity index (χ3n) is 4.69. The smallest absolute Gasteiger partial charge is 0.136 e. The van der Waals surface area contributed by atoms with Gasteiger partial charge in [0.1, 0.15) is 11.6 Å². The Kier molecular flexibility index (Phi) is 5.09. The summed E-state index contributed by atoms with van der Waals surface area (Å²) in [4.78, 5) is 6.83. The van der Waals surface area contributed by atoms with Crippen LogP contribution in [0.4, 0.5) is 4.39 Å². The molecule has 0 radical (unpaired) electrons. The topological polar surface area (TPSA) is 30.3 Å². The van der Waals surface area contributed by atoms with Crippen LogP contribution >= 0.6 is 0 Å². The second-order valence-electron chi connectivity index (χ2n) is 6.62. The van der Waals surface area contributed by atoms with Crippen LogP contribution in [0.25, 0.3) is 5.82 Å². The van der Waals surface area contributed by atoms with Crippen molar-refractivity contribution in [3.05, 3.63) is 84.1 Å². The Morgan fingerprint density at radius 1 is 1.12 bits per heavy atom. The lowest BCUT2D eigenvalue weighted by molar-refractivity contribution is -0.0310. The highest BCUT2D eigenvalue weighted by Crippen LogP contribution is 2.17. The fourth-order valence-corrected chi connectivity index (χ4v) is 3.47. The molecule has 3 aromatic rings. The van der Waals surface area contributed by atoms with Gasteiger partial charge in [0.2, 0.25) is 0 Å². The fourth-order valence-electron chi connectivity index (χ4n) is 3.47. The maximum absolute atomic E-state index is 13.4. The summed E-state index contributed by atoms with van der Waals surface area (Å²) in [7, 11) is 0. The van der Waals surface area contributed by atoms with E-state index in [4.69, 9.17) is 4.74 Å². The molecule has 1 aliphatic rings. The molecule has 0 saturated carbocycles. The molecule has 0 N–H and O–H groups in total. The van der Waals surface area contributed by atoms with Crippen LogP contribution in [0.2, 0.25) is 0 Å². The lowest BCUT2D eigenvalue weighted by Gasteiger charge is -2.33. The van der Waals surface area contributed by atoms with Gasteiger partial charge < -0.3 is 9.30 Å². The van der Waals surface area contributed by atoms with Crippen molar-refractivity contribution in [2.75, 3.05) is 19.7 Å². The predicted molar refractivity (Wildman–Crippen MR) is 98.7 cm³/mol. The van der Waals surface area contributed by atoms with Crippen molar-refractivity contribution in [2.24, 2.45) is 0 Å². The molecule has 0 aliphatic carbocycles. The molecule has 0 spiro atoms. The van der Waals surface area contributed by atoms with Crippen LogP contribution in [0.1, 0.15) is 11.3 Å². The van der Waals surface area contributed by atoms with Crippen molar-refractivity contribution < 1.29 is 9.13 Å². The van der Waals surface area contributed by atoms with Crippen LogP contribution in [0.15, 0.2) is 67.0 Å². The molecule has 1 fully saturated rings. The van der Waals surface area contributed by atoms with E-state index in [0.29, 0.717) is 6.61 Å². The first-order chi connectivity index (χ1) is 12.8. The van der Waals surface area contributed by atoms with Gasteiger partial charge in [-0.2, -0.15) is 0 Å². The second kappa shape index (κ2) is 7.81. The summed E-state index contributed by atoms with van der Waals surface area (Å²) < 4.78 is 21.4. The summed E-state index contributed by atoms with van der Waals surface area (Å²) >= 11 is 0. The molecule has 2 aromatic heterocycles. The van der Waals surface area contributed by atoms with Gasteiger partial charge in [0.15, 0.2) is 0 Å². The number of benzene rings is 1. The number of morpholine rings is 1. The molecule has 1 atom stereocenters. The molecule has 1 aliphatic heterocycles. The number of hydrogen-bond acceptors (Lipinski definition) is 3. The van der Waals surface area contributed by atoms with E-state index in [2.05, 4.69) is 26.6 Å². The van der Waals surface area contributed by atoms with Gasteiger partial charge in [0.25, 0.3) is 0 Å². The Balaban J connectivity index is 1.42. The average Bonchev–Trinajstić information content (AvgIpc) is 3.11. The number of nitrogens with zero attached hydrogens (tertiary/aromatic N) is 3. The highest BCUT2D eigenvalue weighted by atomic mass is 19.1. The van der Waals surface area contributed by atoms with Crippen molar-refractivity contribution in [3.63, 3.8) is 0 Å². The van der Waals surface area contributed by atoms with Gasteiger partial charge in [-0.25, -0.2) is 9.37 Å². The summed E-state index contributed by atoms with van der Waals surface area (Å²) in [6.45, 7) is 3.27. The summed E-state index contributed by atoms with van der Waals surface area (Å²) in [5, 5.41) is 0. The first-order valence-electron chi connectivity index (χ1n) is 8.94. The van der Waals surface area contributed by atoms with E-state index >= 15 is 0 Å². The number of hydrogen-bond donors (Lipinski definition) is 0. The summed E-state index contributed by atoms with van der Waals surface area (Å²) in [5.41, 5.74) is 2.18. The molecule has 1 saturated heterocycles. The van der Waals surface area contributed by atoms with Gasteiger partial charge in [-0.3, -0.25) is 4.90 Å². The molecule has 5 heteroatoms. The highest BCUT2D eigenvalue weighted by Gasteiger charge is 2.22. The first-order valence-corrected chi connectivity index (χ1v) is 8.94. The number of aromatic nitrogens is 2. The molecule has 0 amide bonds. The summed E-state index contributed by atoms with van der Waals surface area (Å²) in [5.74, 6) is 0.737. The normalized spacial score (nSPS) is 18.1. The lowest BCUT2D eigenvalue weighted by atomic mass is 10.1. The Labute approximate surface area is 152 Å². The molecular weight excluding hydrogens is 329 g/mol. The van der Waals surface area contributed by atoms with Crippen LogP contribution in [-0.4, -0.2) is 40.3 Å². The van der Waals surface area contributed by atoms with E-state index < -0.39 is 0 Å². The van der Waals surface area contributed by atoms with Crippen molar-refractivity contribution in [3.8, 4) is 5.82 Å². The molecule has 26 heavy (non-hydrogen) atoms. The third-order valence-corrected chi connectivity index (χ3v) is 4.69. The molecule has 134 valence electrons. The van der Waals surface area contributed by atoms with Gasteiger partial charge in [-0.1, -0.05) is 18.2 Å². The molecule has 4 nitrogen and oxygen atoms in total. The van der Waals surface area contributed by atoms with E-state index in [0.717, 1.165) is 37.4 Å². The summed E-state index contributed by atoms with van der Waals surface area (Å²) in [6, 6.07) is 16.9. The molecule has 1 aromatic carbocycles. The standard InChI is InChI=1S/C21H22FN3O/c22-18-6-3-5-17(13-18)14-20-16-24(11-12-26-20)15-19-7-4-10-25(19)21-8-1-2-9-23-21/h1-10,13,20H,11-12,14-16H2/t20-/m1/s1. The van der Waals surface area contributed by atoms with Crippen LogP contribution in [0, 0.1) is 5.82 Å². The zero-order valence-corrected chi connectivity index (χ0v) is 14.6. The maximum atomic E-state index is 13.4. The van der Waals surface area contributed by atoms with Crippen LogP contribution in [0.5, 0.6) is 0 Å². The van der Waals surface area contributed by atoms with Gasteiger partial charge >= 0.3 is 0 Å². The van der Waals surface area contributed by atoms with E-state index in [1.165, 1.54) is 11.8 Å². The molecule has 3 heterocycles. The second-order valence-corrected chi connectivity index (χ2v) is 6.62. The SMILES string of the molecule is Fc1cccc(C[C@@H]2CN(Cc3cccn3-c3ccccn3)CCO2)c1. The first kappa shape index (κ1) is 16.9. The van der Waals surface area contributed by atoms with Gasteiger partial charge in [0.05, 0.1) is 12.7 Å². The van der Waals surface area contributed by atoms with Gasteiger partial charge in [-0.05, 0) is 48.4 Å².